The highest BCUT2D eigenvalue weighted by molar-refractivity contribution is 6.00. The highest BCUT2D eigenvalue weighted by Crippen LogP contribution is 2.35. The molecule has 8 heteroatoms. The molecule has 2 N–H and O–H groups in total. The van der Waals surface area contributed by atoms with Crippen LogP contribution in [0.2, 0.25) is 0 Å². The monoisotopic (exact) mass is 447 g/mol. The van der Waals surface area contributed by atoms with Crippen molar-refractivity contribution in [1.29, 1.82) is 0 Å². The van der Waals surface area contributed by atoms with Crippen LogP contribution >= 0.6 is 0 Å². The molecular formula is C25H33N7O. The summed E-state index contributed by atoms with van der Waals surface area (Å²) in [5.41, 5.74) is 3.73. The van der Waals surface area contributed by atoms with Crippen LogP contribution in [-0.4, -0.2) is 51.5 Å². The van der Waals surface area contributed by atoms with E-state index in [1.54, 1.807) is 6.92 Å². The van der Waals surface area contributed by atoms with Gasteiger partial charge in [0, 0.05) is 50.7 Å². The number of ketones is 1. The number of nitrogens with zero attached hydrogens (tertiary/aromatic N) is 5. The van der Waals surface area contributed by atoms with Crippen LogP contribution in [0.4, 0.5) is 17.5 Å². The number of hydrogen-bond donors (Lipinski definition) is 2. The predicted molar refractivity (Wildman–Crippen MR) is 132 cm³/mol. The number of anilines is 3. The van der Waals surface area contributed by atoms with Gasteiger partial charge in [-0.25, -0.2) is 9.97 Å². The zero-order valence-electron chi connectivity index (χ0n) is 19.6. The van der Waals surface area contributed by atoms with Gasteiger partial charge in [-0.3, -0.25) is 4.79 Å². The number of hydrogen-bond acceptors (Lipinski definition) is 7. The Kier molecular flexibility index (Phi) is 6.26. The summed E-state index contributed by atoms with van der Waals surface area (Å²) in [4.78, 5) is 29.0. The van der Waals surface area contributed by atoms with Crippen molar-refractivity contribution < 1.29 is 4.79 Å². The van der Waals surface area contributed by atoms with E-state index in [1.807, 2.05) is 25.4 Å². The van der Waals surface area contributed by atoms with Gasteiger partial charge in [0.15, 0.2) is 5.78 Å². The predicted octanol–water partition coefficient (Wildman–Crippen LogP) is 4.39. The van der Waals surface area contributed by atoms with Crippen LogP contribution in [0.15, 0.2) is 24.5 Å². The molecule has 0 aromatic carbocycles. The zero-order chi connectivity index (χ0) is 22.8. The SMILES string of the molecule is CC(=O)c1c(C)c2cnc(Nc3ccc(N4CCNCC4)cn3)nc2n1C1CCCCCC1. The van der Waals surface area contributed by atoms with E-state index in [1.165, 1.54) is 25.7 Å². The summed E-state index contributed by atoms with van der Waals surface area (Å²) >= 11 is 0. The van der Waals surface area contributed by atoms with E-state index in [9.17, 15) is 4.79 Å². The first-order chi connectivity index (χ1) is 16.1. The summed E-state index contributed by atoms with van der Waals surface area (Å²) in [6.07, 6.45) is 10.8. The fraction of sp³-hybridized carbons (Fsp3) is 0.520. The van der Waals surface area contributed by atoms with Crippen LogP contribution in [-0.2, 0) is 0 Å². The summed E-state index contributed by atoms with van der Waals surface area (Å²) in [6.45, 7) is 7.64. The van der Waals surface area contributed by atoms with E-state index in [2.05, 4.69) is 36.1 Å². The Hall–Kier alpha value is -3.00. The Morgan fingerprint density at radius 2 is 1.82 bits per heavy atom. The maximum absolute atomic E-state index is 12.6. The van der Waals surface area contributed by atoms with Gasteiger partial charge in [0.25, 0.3) is 0 Å². The first-order valence-electron chi connectivity index (χ1n) is 12.2. The molecule has 4 heterocycles. The maximum atomic E-state index is 12.6. The molecule has 3 aromatic heterocycles. The number of pyridine rings is 1. The van der Waals surface area contributed by atoms with Crippen LogP contribution in [0.1, 0.15) is 67.5 Å². The minimum absolute atomic E-state index is 0.0921. The molecule has 0 amide bonds. The first kappa shape index (κ1) is 21.8. The highest BCUT2D eigenvalue weighted by Gasteiger charge is 2.25. The van der Waals surface area contributed by atoms with Crippen molar-refractivity contribution in [1.82, 2.24) is 24.8 Å². The van der Waals surface area contributed by atoms with Crippen LogP contribution in [0, 0.1) is 6.92 Å². The minimum Gasteiger partial charge on any atom is -0.368 e. The van der Waals surface area contributed by atoms with Crippen molar-refractivity contribution in [2.24, 2.45) is 0 Å². The van der Waals surface area contributed by atoms with E-state index in [0.29, 0.717) is 17.8 Å². The Balaban J connectivity index is 1.46. The van der Waals surface area contributed by atoms with Gasteiger partial charge in [-0.15, -0.1) is 0 Å². The van der Waals surface area contributed by atoms with E-state index >= 15 is 0 Å². The zero-order valence-corrected chi connectivity index (χ0v) is 19.6. The third-order valence-electron chi connectivity index (χ3n) is 6.99. The van der Waals surface area contributed by atoms with Crippen molar-refractivity contribution in [2.45, 2.75) is 58.4 Å². The summed E-state index contributed by atoms with van der Waals surface area (Å²) < 4.78 is 2.20. The van der Waals surface area contributed by atoms with E-state index in [0.717, 1.165) is 67.0 Å². The number of rotatable bonds is 5. The Morgan fingerprint density at radius 3 is 2.48 bits per heavy atom. The van der Waals surface area contributed by atoms with Crippen LogP contribution in [0.5, 0.6) is 0 Å². The lowest BCUT2D eigenvalue weighted by Gasteiger charge is -2.29. The van der Waals surface area contributed by atoms with E-state index in [-0.39, 0.29) is 5.78 Å². The second-order valence-electron chi connectivity index (χ2n) is 9.24. The van der Waals surface area contributed by atoms with Gasteiger partial charge in [-0.1, -0.05) is 25.7 Å². The fourth-order valence-corrected chi connectivity index (χ4v) is 5.29. The standard InChI is InChI=1S/C25H33N7O/c1-17-21-16-28-25(29-22-10-9-20(15-27-22)31-13-11-26-12-14-31)30-24(21)32(23(17)18(2)33)19-7-5-3-4-6-8-19/h9-10,15-16,19,26H,3-8,11-14H2,1-2H3,(H,27,28,29,30). The molecule has 3 aromatic rings. The Bertz CT molecular complexity index is 1120. The molecule has 0 atom stereocenters. The summed E-state index contributed by atoms with van der Waals surface area (Å²) in [5.74, 6) is 1.31. The van der Waals surface area contributed by atoms with Crippen LogP contribution in [0.25, 0.3) is 11.0 Å². The fourth-order valence-electron chi connectivity index (χ4n) is 5.29. The average Bonchev–Trinajstić information content (AvgIpc) is 2.98. The summed E-state index contributed by atoms with van der Waals surface area (Å²) in [7, 11) is 0. The molecule has 2 fully saturated rings. The molecule has 0 radical (unpaired) electrons. The minimum atomic E-state index is 0.0921. The molecule has 33 heavy (non-hydrogen) atoms. The van der Waals surface area contributed by atoms with Gasteiger partial charge in [-0.2, -0.15) is 4.98 Å². The Labute approximate surface area is 194 Å². The molecule has 1 aliphatic carbocycles. The number of nitrogens with one attached hydrogen (secondary N) is 2. The van der Waals surface area contributed by atoms with Crippen molar-refractivity contribution in [3.63, 3.8) is 0 Å². The number of aromatic nitrogens is 4. The molecular weight excluding hydrogens is 414 g/mol. The number of carbonyl (C=O) groups excluding carboxylic acids is 1. The molecule has 2 aliphatic rings. The average molecular weight is 448 g/mol. The van der Waals surface area contributed by atoms with Gasteiger partial charge in [0.2, 0.25) is 5.95 Å². The van der Waals surface area contributed by atoms with Crippen molar-refractivity contribution in [3.05, 3.63) is 35.8 Å². The number of carbonyl (C=O) groups is 1. The molecule has 174 valence electrons. The van der Waals surface area contributed by atoms with Gasteiger partial charge < -0.3 is 20.1 Å². The second kappa shape index (κ2) is 9.47. The van der Waals surface area contributed by atoms with Gasteiger partial charge >= 0.3 is 0 Å². The summed E-state index contributed by atoms with van der Waals surface area (Å²) in [5, 5.41) is 7.59. The molecule has 1 saturated carbocycles. The molecule has 0 unspecified atom stereocenters. The highest BCUT2D eigenvalue weighted by atomic mass is 16.1. The maximum Gasteiger partial charge on any atom is 0.230 e. The third kappa shape index (κ3) is 4.44. The molecule has 1 saturated heterocycles. The van der Waals surface area contributed by atoms with Gasteiger partial charge in [-0.05, 0) is 37.5 Å². The normalized spacial score (nSPS) is 17.8. The second-order valence-corrected chi connectivity index (χ2v) is 9.24. The molecule has 0 spiro atoms. The number of piperazine rings is 1. The van der Waals surface area contributed by atoms with Crippen LogP contribution in [0.3, 0.4) is 0 Å². The molecule has 1 aliphatic heterocycles. The van der Waals surface area contributed by atoms with Crippen molar-refractivity contribution >= 4 is 34.3 Å². The quantitative estimate of drug-likeness (QED) is 0.443. The van der Waals surface area contributed by atoms with Gasteiger partial charge in [0.1, 0.15) is 11.5 Å². The van der Waals surface area contributed by atoms with E-state index in [4.69, 9.17) is 4.98 Å². The lowest BCUT2D eigenvalue weighted by Crippen LogP contribution is -2.43. The molecule has 8 nitrogen and oxygen atoms in total. The lowest BCUT2D eigenvalue weighted by molar-refractivity contribution is 0.100. The van der Waals surface area contributed by atoms with Crippen LogP contribution < -0.4 is 15.5 Å². The first-order valence-corrected chi connectivity index (χ1v) is 12.2. The Morgan fingerprint density at radius 1 is 1.06 bits per heavy atom. The number of Topliss-reactive ketones (excluding diaryl/α,β-unsaturated/α-hetero) is 1. The number of aryl methyl sites for hydroxylation is 1. The third-order valence-corrected chi connectivity index (χ3v) is 6.99. The number of fused-ring (bicyclic) bond motifs is 1. The van der Waals surface area contributed by atoms with Crippen molar-refractivity contribution in [3.8, 4) is 0 Å². The van der Waals surface area contributed by atoms with Gasteiger partial charge in [0.05, 0.1) is 17.6 Å². The van der Waals surface area contributed by atoms with E-state index < -0.39 is 0 Å². The topological polar surface area (TPSA) is 88.0 Å². The van der Waals surface area contributed by atoms with Crippen molar-refractivity contribution in [2.75, 3.05) is 36.4 Å². The smallest absolute Gasteiger partial charge is 0.230 e. The molecule has 0 bridgehead atoms. The summed E-state index contributed by atoms with van der Waals surface area (Å²) in [6, 6.07) is 4.37. The molecule has 5 rings (SSSR count). The largest absolute Gasteiger partial charge is 0.368 e. The lowest BCUT2D eigenvalue weighted by atomic mass is 10.1.